The van der Waals surface area contributed by atoms with Gasteiger partial charge < -0.3 is 15.3 Å². The van der Waals surface area contributed by atoms with Crippen molar-refractivity contribution in [3.8, 4) is 0 Å². The summed E-state index contributed by atoms with van der Waals surface area (Å²) in [6.07, 6.45) is 2.06. The predicted octanol–water partition coefficient (Wildman–Crippen LogP) is 1.54. The molecule has 5 heteroatoms. The summed E-state index contributed by atoms with van der Waals surface area (Å²) in [4.78, 5) is 24.1. The van der Waals surface area contributed by atoms with Gasteiger partial charge in [-0.25, -0.2) is 4.79 Å². The van der Waals surface area contributed by atoms with Crippen LogP contribution < -0.4 is 5.32 Å². The van der Waals surface area contributed by atoms with E-state index in [0.717, 1.165) is 12.8 Å². The van der Waals surface area contributed by atoms with Crippen LogP contribution in [0.4, 0.5) is 4.79 Å². The summed E-state index contributed by atoms with van der Waals surface area (Å²) in [7, 11) is 1.74. The van der Waals surface area contributed by atoms with Gasteiger partial charge in [-0.1, -0.05) is 13.8 Å². The Kier molecular flexibility index (Phi) is 4.78. The summed E-state index contributed by atoms with van der Waals surface area (Å²) in [6, 6.07) is -0.383. The normalized spacial score (nSPS) is 16.7. The number of urea groups is 1. The van der Waals surface area contributed by atoms with Crippen LogP contribution >= 0.6 is 0 Å². The van der Waals surface area contributed by atoms with Gasteiger partial charge in [-0.05, 0) is 24.7 Å². The third-order valence-electron chi connectivity index (χ3n) is 2.88. The first-order chi connectivity index (χ1) is 7.90. The predicted molar refractivity (Wildman–Crippen MR) is 64.8 cm³/mol. The van der Waals surface area contributed by atoms with Crippen LogP contribution in [0.15, 0.2) is 0 Å². The van der Waals surface area contributed by atoms with Gasteiger partial charge in [0, 0.05) is 19.6 Å². The Bertz CT molecular complexity index is 287. The maximum absolute atomic E-state index is 11.8. The topological polar surface area (TPSA) is 69.6 Å². The third-order valence-corrected chi connectivity index (χ3v) is 2.88. The highest BCUT2D eigenvalue weighted by molar-refractivity contribution is 5.75. The third kappa shape index (κ3) is 5.06. The number of nitrogens with zero attached hydrogens (tertiary/aromatic N) is 1. The smallest absolute Gasteiger partial charge is 0.317 e. The minimum Gasteiger partial charge on any atom is -0.481 e. The highest BCUT2D eigenvalue weighted by atomic mass is 16.4. The number of amides is 2. The fraction of sp³-hybridized carbons (Fsp3) is 0.833. The van der Waals surface area contributed by atoms with Crippen molar-refractivity contribution in [2.24, 2.45) is 11.8 Å². The lowest BCUT2D eigenvalue weighted by molar-refractivity contribution is -0.137. The van der Waals surface area contributed by atoms with Gasteiger partial charge in [0.05, 0.1) is 6.42 Å². The zero-order valence-electron chi connectivity index (χ0n) is 10.8. The molecule has 0 heterocycles. The fourth-order valence-corrected chi connectivity index (χ4v) is 1.92. The molecule has 17 heavy (non-hydrogen) atoms. The van der Waals surface area contributed by atoms with Crippen molar-refractivity contribution >= 4 is 12.0 Å². The average Bonchev–Trinajstić information content (AvgIpc) is 2.97. The van der Waals surface area contributed by atoms with Crippen LogP contribution in [0.3, 0.4) is 0 Å². The molecule has 0 aliphatic heterocycles. The van der Waals surface area contributed by atoms with Crippen LogP contribution in [-0.2, 0) is 4.79 Å². The van der Waals surface area contributed by atoms with Crippen molar-refractivity contribution in [2.45, 2.75) is 39.2 Å². The van der Waals surface area contributed by atoms with E-state index in [1.165, 1.54) is 0 Å². The van der Waals surface area contributed by atoms with Crippen molar-refractivity contribution in [1.82, 2.24) is 10.2 Å². The SMILES string of the molecule is CC(C)CN(C)C(=O)NC(CC(=O)O)C1CC1. The van der Waals surface area contributed by atoms with Gasteiger partial charge in [-0.3, -0.25) is 4.79 Å². The molecule has 0 aromatic rings. The van der Waals surface area contributed by atoms with E-state index in [0.29, 0.717) is 18.4 Å². The molecule has 0 bridgehead atoms. The number of carbonyl (C=O) groups excluding carboxylic acids is 1. The molecule has 1 unspecified atom stereocenters. The number of carboxylic acid groups (broad SMARTS) is 1. The molecule has 1 fully saturated rings. The van der Waals surface area contributed by atoms with E-state index in [2.05, 4.69) is 5.32 Å². The molecule has 0 spiro atoms. The van der Waals surface area contributed by atoms with Crippen molar-refractivity contribution in [3.05, 3.63) is 0 Å². The summed E-state index contributed by atoms with van der Waals surface area (Å²) in [5.74, 6) is -0.0965. The second-order valence-electron chi connectivity index (χ2n) is 5.27. The molecule has 1 atom stereocenters. The van der Waals surface area contributed by atoms with Crippen LogP contribution in [0.1, 0.15) is 33.1 Å². The fourth-order valence-electron chi connectivity index (χ4n) is 1.92. The Balaban J connectivity index is 2.43. The van der Waals surface area contributed by atoms with E-state index in [1.807, 2.05) is 13.8 Å². The summed E-state index contributed by atoms with van der Waals surface area (Å²) in [5.41, 5.74) is 0. The molecule has 2 amide bonds. The first kappa shape index (κ1) is 13.8. The largest absolute Gasteiger partial charge is 0.481 e. The molecule has 98 valence electrons. The van der Waals surface area contributed by atoms with E-state index in [1.54, 1.807) is 11.9 Å². The van der Waals surface area contributed by atoms with Gasteiger partial charge in [0.2, 0.25) is 0 Å². The number of carboxylic acids is 1. The van der Waals surface area contributed by atoms with E-state index >= 15 is 0 Å². The Hall–Kier alpha value is -1.26. The van der Waals surface area contributed by atoms with E-state index in [-0.39, 0.29) is 18.5 Å². The zero-order valence-corrected chi connectivity index (χ0v) is 10.8. The molecular formula is C12H22N2O3. The first-order valence-electron chi connectivity index (χ1n) is 6.13. The lowest BCUT2D eigenvalue weighted by atomic mass is 10.1. The van der Waals surface area contributed by atoms with Gasteiger partial charge in [0.25, 0.3) is 0 Å². The minimum absolute atomic E-state index is 0.0198. The molecule has 0 aromatic carbocycles. The van der Waals surface area contributed by atoms with Gasteiger partial charge in [0.15, 0.2) is 0 Å². The Morgan fingerprint density at radius 3 is 2.41 bits per heavy atom. The molecule has 1 aliphatic carbocycles. The molecule has 1 rings (SSSR count). The Morgan fingerprint density at radius 1 is 1.41 bits per heavy atom. The lowest BCUT2D eigenvalue weighted by Gasteiger charge is -2.23. The van der Waals surface area contributed by atoms with Crippen molar-refractivity contribution in [2.75, 3.05) is 13.6 Å². The average molecular weight is 242 g/mol. The second-order valence-corrected chi connectivity index (χ2v) is 5.27. The second kappa shape index (κ2) is 5.89. The van der Waals surface area contributed by atoms with Crippen LogP contribution in [0.25, 0.3) is 0 Å². The van der Waals surface area contributed by atoms with Crippen LogP contribution in [-0.4, -0.2) is 41.6 Å². The molecule has 2 N–H and O–H groups in total. The Labute approximate surface area is 102 Å². The standard InChI is InChI=1S/C12H22N2O3/c1-8(2)7-14(3)12(17)13-10(6-11(15)16)9-4-5-9/h8-10H,4-7H2,1-3H3,(H,13,17)(H,15,16). The van der Waals surface area contributed by atoms with Crippen molar-refractivity contribution in [1.29, 1.82) is 0 Å². The van der Waals surface area contributed by atoms with Crippen molar-refractivity contribution in [3.63, 3.8) is 0 Å². The first-order valence-corrected chi connectivity index (χ1v) is 6.13. The molecule has 0 saturated heterocycles. The summed E-state index contributed by atoms with van der Waals surface area (Å²) >= 11 is 0. The highest BCUT2D eigenvalue weighted by Crippen LogP contribution is 2.34. The van der Waals surface area contributed by atoms with E-state index in [4.69, 9.17) is 5.11 Å². The van der Waals surface area contributed by atoms with Crippen LogP contribution in [0, 0.1) is 11.8 Å². The van der Waals surface area contributed by atoms with Crippen molar-refractivity contribution < 1.29 is 14.7 Å². The number of hydrogen-bond acceptors (Lipinski definition) is 2. The lowest BCUT2D eigenvalue weighted by Crippen LogP contribution is -2.45. The number of aliphatic carboxylic acids is 1. The van der Waals surface area contributed by atoms with Gasteiger partial charge in [-0.2, -0.15) is 0 Å². The highest BCUT2D eigenvalue weighted by Gasteiger charge is 2.34. The molecule has 1 saturated carbocycles. The summed E-state index contributed by atoms with van der Waals surface area (Å²) < 4.78 is 0. The van der Waals surface area contributed by atoms with Crippen LogP contribution in [0.5, 0.6) is 0 Å². The number of nitrogens with one attached hydrogen (secondary N) is 1. The number of hydrogen-bond donors (Lipinski definition) is 2. The summed E-state index contributed by atoms with van der Waals surface area (Å²) in [5, 5.41) is 11.6. The monoisotopic (exact) mass is 242 g/mol. The zero-order chi connectivity index (χ0) is 13.0. The molecule has 1 aliphatic rings. The van der Waals surface area contributed by atoms with E-state index < -0.39 is 5.97 Å². The maximum atomic E-state index is 11.8. The number of carbonyl (C=O) groups is 2. The van der Waals surface area contributed by atoms with Crippen LogP contribution in [0.2, 0.25) is 0 Å². The van der Waals surface area contributed by atoms with Gasteiger partial charge in [0.1, 0.15) is 0 Å². The quantitative estimate of drug-likeness (QED) is 0.742. The van der Waals surface area contributed by atoms with Gasteiger partial charge >= 0.3 is 12.0 Å². The van der Waals surface area contributed by atoms with E-state index in [9.17, 15) is 9.59 Å². The molecule has 0 radical (unpaired) electrons. The van der Waals surface area contributed by atoms with Gasteiger partial charge in [-0.15, -0.1) is 0 Å². The molecular weight excluding hydrogens is 220 g/mol. The summed E-state index contributed by atoms with van der Waals surface area (Å²) in [6.45, 7) is 4.76. The maximum Gasteiger partial charge on any atom is 0.317 e. The Morgan fingerprint density at radius 2 is 2.00 bits per heavy atom. The molecule has 5 nitrogen and oxygen atoms in total. The number of rotatable bonds is 6. The molecule has 0 aromatic heterocycles. The minimum atomic E-state index is -0.853.